The van der Waals surface area contributed by atoms with E-state index >= 15 is 0 Å². The lowest BCUT2D eigenvalue weighted by molar-refractivity contribution is -0.150. The van der Waals surface area contributed by atoms with E-state index < -0.39 is 5.97 Å². The number of anilines is 1. The maximum Gasteiger partial charge on any atom is 0.316 e. The molecule has 160 valence electrons. The molecule has 1 amide bonds. The van der Waals surface area contributed by atoms with Crippen molar-refractivity contribution in [3.63, 3.8) is 0 Å². The normalized spacial score (nSPS) is 14.0. The molecule has 1 aromatic heterocycles. The zero-order valence-electron chi connectivity index (χ0n) is 16.7. The summed E-state index contributed by atoms with van der Waals surface area (Å²) in [4.78, 5) is 36.9. The molecule has 0 spiro atoms. The van der Waals surface area contributed by atoms with Crippen LogP contribution in [0.25, 0.3) is 11.0 Å². The first-order valence-corrected chi connectivity index (χ1v) is 10.9. The second-order valence-corrected chi connectivity index (χ2v) is 7.99. The van der Waals surface area contributed by atoms with Gasteiger partial charge in [-0.1, -0.05) is 23.9 Å². The van der Waals surface area contributed by atoms with Crippen LogP contribution in [0.3, 0.4) is 0 Å². The Hall–Kier alpha value is -3.20. The van der Waals surface area contributed by atoms with Gasteiger partial charge in [0.1, 0.15) is 10.8 Å². The van der Waals surface area contributed by atoms with Crippen LogP contribution in [0.15, 0.2) is 59.8 Å². The van der Waals surface area contributed by atoms with Crippen molar-refractivity contribution in [1.29, 1.82) is 0 Å². The lowest BCUT2D eigenvalue weighted by Gasteiger charge is -2.36. The van der Waals surface area contributed by atoms with Gasteiger partial charge in [0.15, 0.2) is 6.61 Å². The molecular weight excluding hydrogens is 419 g/mol. The number of carbonyl (C=O) groups is 2. The predicted molar refractivity (Wildman–Crippen MR) is 116 cm³/mol. The highest BCUT2D eigenvalue weighted by molar-refractivity contribution is 7.99. The number of fused-ring (bicyclic) bond motifs is 1. The molecule has 1 aliphatic rings. The molecule has 31 heavy (non-hydrogen) atoms. The SMILES string of the molecule is O=C(CSc1cnc2ccccc2n1)OCC(=O)N1CCN(c2ccc(F)cc2)CC1. The Kier molecular flexibility index (Phi) is 6.61. The molecule has 1 fully saturated rings. The van der Waals surface area contributed by atoms with Crippen LogP contribution >= 0.6 is 11.8 Å². The van der Waals surface area contributed by atoms with Crippen molar-refractivity contribution < 1.29 is 18.7 Å². The maximum atomic E-state index is 13.1. The summed E-state index contributed by atoms with van der Waals surface area (Å²) >= 11 is 1.22. The third kappa shape index (κ3) is 5.49. The fourth-order valence-corrected chi connectivity index (χ4v) is 3.92. The van der Waals surface area contributed by atoms with Gasteiger partial charge in [-0.2, -0.15) is 0 Å². The molecule has 0 saturated carbocycles. The van der Waals surface area contributed by atoms with Gasteiger partial charge in [-0.25, -0.2) is 9.37 Å². The number of piperazine rings is 1. The lowest BCUT2D eigenvalue weighted by atomic mass is 10.2. The molecule has 0 N–H and O–H groups in total. The zero-order valence-corrected chi connectivity index (χ0v) is 17.6. The molecule has 2 aromatic carbocycles. The number of carbonyl (C=O) groups excluding carboxylic acids is 2. The van der Waals surface area contributed by atoms with Crippen LogP contribution in [0.1, 0.15) is 0 Å². The number of rotatable bonds is 6. The summed E-state index contributed by atoms with van der Waals surface area (Å²) in [7, 11) is 0. The Morgan fingerprint density at radius 2 is 1.71 bits per heavy atom. The Morgan fingerprint density at radius 3 is 2.45 bits per heavy atom. The standard InChI is InChI=1S/C22H21FN4O3S/c23-16-5-7-17(8-6-16)26-9-11-27(12-10-26)21(28)14-30-22(29)15-31-20-13-24-18-3-1-2-4-19(18)25-20/h1-8,13H,9-12,14-15H2. The zero-order chi connectivity index (χ0) is 21.6. The predicted octanol–water partition coefficient (Wildman–Crippen LogP) is 2.75. The summed E-state index contributed by atoms with van der Waals surface area (Å²) in [5.41, 5.74) is 2.48. The van der Waals surface area contributed by atoms with Crippen molar-refractivity contribution in [3.05, 3.63) is 60.5 Å². The molecule has 3 aromatic rings. The van der Waals surface area contributed by atoms with Crippen LogP contribution < -0.4 is 4.90 Å². The van der Waals surface area contributed by atoms with Crippen LogP contribution in [-0.2, 0) is 14.3 Å². The first-order valence-electron chi connectivity index (χ1n) is 9.87. The van der Waals surface area contributed by atoms with E-state index in [9.17, 15) is 14.0 Å². The van der Waals surface area contributed by atoms with Crippen molar-refractivity contribution >= 4 is 40.4 Å². The van der Waals surface area contributed by atoms with Gasteiger partial charge in [0.05, 0.1) is 23.0 Å². The minimum absolute atomic E-state index is 0.0542. The summed E-state index contributed by atoms with van der Waals surface area (Å²) in [5.74, 6) is -0.912. The highest BCUT2D eigenvalue weighted by Crippen LogP contribution is 2.19. The molecule has 0 aliphatic carbocycles. The summed E-state index contributed by atoms with van der Waals surface area (Å²) < 4.78 is 18.2. The first-order chi connectivity index (χ1) is 15.1. The average Bonchev–Trinajstić information content (AvgIpc) is 2.81. The van der Waals surface area contributed by atoms with E-state index in [4.69, 9.17) is 4.74 Å². The van der Waals surface area contributed by atoms with Gasteiger partial charge < -0.3 is 14.5 Å². The van der Waals surface area contributed by atoms with E-state index in [1.807, 2.05) is 24.3 Å². The van der Waals surface area contributed by atoms with E-state index in [1.165, 1.54) is 23.9 Å². The van der Waals surface area contributed by atoms with Crippen LogP contribution in [0.4, 0.5) is 10.1 Å². The number of esters is 1. The van der Waals surface area contributed by atoms with Crippen molar-refractivity contribution in [2.45, 2.75) is 5.03 Å². The Labute approximate surface area is 183 Å². The number of hydrogen-bond acceptors (Lipinski definition) is 7. The highest BCUT2D eigenvalue weighted by Gasteiger charge is 2.22. The van der Waals surface area contributed by atoms with E-state index in [-0.39, 0.29) is 24.1 Å². The number of benzene rings is 2. The van der Waals surface area contributed by atoms with E-state index in [2.05, 4.69) is 14.9 Å². The van der Waals surface area contributed by atoms with Crippen molar-refractivity contribution in [1.82, 2.24) is 14.9 Å². The summed E-state index contributed by atoms with van der Waals surface area (Å²) in [5, 5.41) is 0.624. The van der Waals surface area contributed by atoms with Gasteiger partial charge >= 0.3 is 5.97 Å². The monoisotopic (exact) mass is 440 g/mol. The van der Waals surface area contributed by atoms with Crippen LogP contribution in [-0.4, -0.2) is 65.3 Å². The van der Waals surface area contributed by atoms with E-state index in [0.717, 1.165) is 16.7 Å². The fraction of sp³-hybridized carbons (Fsp3) is 0.273. The topological polar surface area (TPSA) is 75.6 Å². The lowest BCUT2D eigenvalue weighted by Crippen LogP contribution is -2.50. The summed E-state index contributed by atoms with van der Waals surface area (Å²) in [6.45, 7) is 2.05. The average molecular weight is 441 g/mol. The fourth-order valence-electron chi connectivity index (χ4n) is 3.28. The summed E-state index contributed by atoms with van der Waals surface area (Å²) in [6.07, 6.45) is 1.62. The molecule has 0 bridgehead atoms. The number of amides is 1. The van der Waals surface area contributed by atoms with E-state index in [1.54, 1.807) is 23.2 Å². The minimum Gasteiger partial charge on any atom is -0.455 e. The second-order valence-electron chi connectivity index (χ2n) is 6.99. The number of nitrogens with zero attached hydrogens (tertiary/aromatic N) is 4. The molecule has 1 saturated heterocycles. The molecule has 0 radical (unpaired) electrons. The molecular formula is C22H21FN4O3S. The molecule has 4 rings (SSSR count). The maximum absolute atomic E-state index is 13.1. The van der Waals surface area contributed by atoms with Gasteiger partial charge in [-0.05, 0) is 36.4 Å². The number of halogens is 1. The molecule has 1 aliphatic heterocycles. The van der Waals surface area contributed by atoms with Crippen LogP contribution in [0.5, 0.6) is 0 Å². The molecule has 0 unspecified atom stereocenters. The van der Waals surface area contributed by atoms with Crippen LogP contribution in [0, 0.1) is 5.82 Å². The minimum atomic E-state index is -0.474. The quantitative estimate of drug-likeness (QED) is 0.431. The Bertz CT molecular complexity index is 1070. The van der Waals surface area contributed by atoms with Gasteiger partial charge in [0.2, 0.25) is 0 Å². The third-order valence-electron chi connectivity index (χ3n) is 4.95. The van der Waals surface area contributed by atoms with Gasteiger partial charge in [0, 0.05) is 31.9 Å². The number of ether oxygens (including phenoxy) is 1. The highest BCUT2D eigenvalue weighted by atomic mass is 32.2. The summed E-state index contributed by atoms with van der Waals surface area (Å²) in [6, 6.07) is 13.8. The largest absolute Gasteiger partial charge is 0.455 e. The molecule has 9 heteroatoms. The van der Waals surface area contributed by atoms with Crippen molar-refractivity contribution in [2.75, 3.05) is 43.4 Å². The molecule has 2 heterocycles. The van der Waals surface area contributed by atoms with Crippen LogP contribution in [0.2, 0.25) is 0 Å². The Morgan fingerprint density at radius 1 is 1.00 bits per heavy atom. The number of para-hydroxylation sites is 2. The number of hydrogen-bond donors (Lipinski definition) is 0. The van der Waals surface area contributed by atoms with Gasteiger partial charge in [-0.15, -0.1) is 0 Å². The van der Waals surface area contributed by atoms with Gasteiger partial charge in [-0.3, -0.25) is 14.6 Å². The van der Waals surface area contributed by atoms with E-state index in [0.29, 0.717) is 31.2 Å². The number of aromatic nitrogens is 2. The Balaban J connectivity index is 1.19. The van der Waals surface area contributed by atoms with Crippen molar-refractivity contribution in [3.8, 4) is 0 Å². The smallest absolute Gasteiger partial charge is 0.316 e. The number of thioether (sulfide) groups is 1. The molecule has 0 atom stereocenters. The van der Waals surface area contributed by atoms with Gasteiger partial charge in [0.25, 0.3) is 5.91 Å². The second kappa shape index (κ2) is 9.74. The first kappa shape index (κ1) is 21.0. The third-order valence-corrected chi connectivity index (χ3v) is 5.82. The molecule has 7 nitrogen and oxygen atoms in total. The van der Waals surface area contributed by atoms with Crippen molar-refractivity contribution in [2.24, 2.45) is 0 Å².